The molecule has 7 heteroatoms. The third-order valence-electron chi connectivity index (χ3n) is 5.55. The first kappa shape index (κ1) is 24.1. The number of halogens is 1. The van der Waals surface area contributed by atoms with Gasteiger partial charge in [-0.1, -0.05) is 37.6 Å². The summed E-state index contributed by atoms with van der Waals surface area (Å²) in [7, 11) is 3.94. The number of benzene rings is 2. The van der Waals surface area contributed by atoms with Crippen molar-refractivity contribution in [2.24, 2.45) is 5.92 Å². The monoisotopic (exact) mass is 457 g/mol. The van der Waals surface area contributed by atoms with E-state index in [1.165, 1.54) is 0 Å². The SMILES string of the molecule is CC(C)C(=O)N(Cc1cc(NC(=O)c2ccccc2Cl)ccc1N(C)C)C[C@@H]1CCCO1. The molecule has 1 aliphatic rings. The van der Waals surface area contributed by atoms with Crippen LogP contribution in [0, 0.1) is 5.92 Å². The van der Waals surface area contributed by atoms with Crippen molar-refractivity contribution in [3.05, 3.63) is 58.6 Å². The van der Waals surface area contributed by atoms with E-state index in [-0.39, 0.29) is 23.8 Å². The van der Waals surface area contributed by atoms with Gasteiger partial charge in [-0.3, -0.25) is 9.59 Å². The van der Waals surface area contributed by atoms with Gasteiger partial charge in [0, 0.05) is 51.1 Å². The highest BCUT2D eigenvalue weighted by Gasteiger charge is 2.25. The molecule has 2 aromatic carbocycles. The molecule has 0 aliphatic carbocycles. The molecule has 0 spiro atoms. The topological polar surface area (TPSA) is 61.9 Å². The average molecular weight is 458 g/mol. The van der Waals surface area contributed by atoms with Crippen molar-refractivity contribution < 1.29 is 14.3 Å². The smallest absolute Gasteiger partial charge is 0.257 e. The zero-order chi connectivity index (χ0) is 23.3. The first-order chi connectivity index (χ1) is 15.3. The Morgan fingerprint density at radius 1 is 1.19 bits per heavy atom. The fourth-order valence-electron chi connectivity index (χ4n) is 3.91. The van der Waals surface area contributed by atoms with Crippen molar-refractivity contribution in [1.29, 1.82) is 0 Å². The second-order valence-corrected chi connectivity index (χ2v) is 9.09. The summed E-state index contributed by atoms with van der Waals surface area (Å²) in [5.74, 6) is -0.286. The van der Waals surface area contributed by atoms with Crippen LogP contribution in [0.1, 0.15) is 42.6 Å². The van der Waals surface area contributed by atoms with Crippen LogP contribution in [0.3, 0.4) is 0 Å². The van der Waals surface area contributed by atoms with Crippen molar-refractivity contribution in [1.82, 2.24) is 4.90 Å². The molecule has 6 nitrogen and oxygen atoms in total. The fourth-order valence-corrected chi connectivity index (χ4v) is 4.13. The number of amides is 2. The standard InChI is InChI=1S/C25H32ClN3O3/c1-17(2)25(31)29(16-20-8-7-13-32-20)15-18-14-19(11-12-23(18)28(3)4)27-24(30)21-9-5-6-10-22(21)26/h5-6,9-12,14,17,20H,7-8,13,15-16H2,1-4H3,(H,27,30)/t20-/m0/s1. The van der Waals surface area contributed by atoms with E-state index in [9.17, 15) is 9.59 Å². The van der Waals surface area contributed by atoms with Gasteiger partial charge >= 0.3 is 0 Å². The normalized spacial score (nSPS) is 15.6. The highest BCUT2D eigenvalue weighted by molar-refractivity contribution is 6.34. The van der Waals surface area contributed by atoms with E-state index in [2.05, 4.69) is 5.32 Å². The zero-order valence-corrected chi connectivity index (χ0v) is 20.0. The van der Waals surface area contributed by atoms with E-state index in [1.807, 2.05) is 55.9 Å². The summed E-state index contributed by atoms with van der Waals surface area (Å²) in [4.78, 5) is 29.6. The Balaban J connectivity index is 1.86. The molecule has 1 heterocycles. The summed E-state index contributed by atoms with van der Waals surface area (Å²) in [6.07, 6.45) is 2.07. The first-order valence-corrected chi connectivity index (χ1v) is 11.4. The molecule has 0 bridgehead atoms. The number of hydrogen-bond acceptors (Lipinski definition) is 4. The van der Waals surface area contributed by atoms with Crippen molar-refractivity contribution in [3.63, 3.8) is 0 Å². The molecule has 1 aliphatic heterocycles. The molecule has 172 valence electrons. The zero-order valence-electron chi connectivity index (χ0n) is 19.2. The number of nitrogens with one attached hydrogen (secondary N) is 1. The minimum atomic E-state index is -0.270. The fraction of sp³-hybridized carbons (Fsp3) is 0.440. The lowest BCUT2D eigenvalue weighted by molar-refractivity contribution is -0.136. The molecule has 0 aromatic heterocycles. The number of rotatable bonds is 8. The number of hydrogen-bond donors (Lipinski definition) is 1. The lowest BCUT2D eigenvalue weighted by Crippen LogP contribution is -2.39. The Morgan fingerprint density at radius 2 is 1.94 bits per heavy atom. The van der Waals surface area contributed by atoms with Crippen LogP contribution in [-0.4, -0.2) is 50.1 Å². The van der Waals surface area contributed by atoms with Crippen LogP contribution in [0.15, 0.2) is 42.5 Å². The van der Waals surface area contributed by atoms with Gasteiger partial charge in [-0.25, -0.2) is 0 Å². The molecule has 3 rings (SSSR count). The van der Waals surface area contributed by atoms with E-state index in [0.717, 1.165) is 30.7 Å². The van der Waals surface area contributed by atoms with E-state index in [0.29, 0.717) is 29.4 Å². The maximum Gasteiger partial charge on any atom is 0.257 e. The van der Waals surface area contributed by atoms with Crippen LogP contribution in [0.2, 0.25) is 5.02 Å². The summed E-state index contributed by atoms with van der Waals surface area (Å²) in [6, 6.07) is 12.7. The van der Waals surface area contributed by atoms with E-state index >= 15 is 0 Å². The largest absolute Gasteiger partial charge is 0.377 e. The number of carbonyl (C=O) groups excluding carboxylic acids is 2. The van der Waals surface area contributed by atoms with Gasteiger partial charge < -0.3 is 19.9 Å². The van der Waals surface area contributed by atoms with E-state index in [1.54, 1.807) is 24.3 Å². The van der Waals surface area contributed by atoms with Gasteiger partial charge in [0.05, 0.1) is 16.7 Å². The summed E-state index contributed by atoms with van der Waals surface area (Å²) in [5.41, 5.74) is 3.03. The number of nitrogens with zero attached hydrogens (tertiary/aromatic N) is 2. The molecular weight excluding hydrogens is 426 g/mol. The van der Waals surface area contributed by atoms with Crippen LogP contribution in [-0.2, 0) is 16.1 Å². The molecule has 32 heavy (non-hydrogen) atoms. The lowest BCUT2D eigenvalue weighted by Gasteiger charge is -2.29. The second-order valence-electron chi connectivity index (χ2n) is 8.68. The van der Waals surface area contributed by atoms with Crippen LogP contribution >= 0.6 is 11.6 Å². The molecule has 0 unspecified atom stereocenters. The van der Waals surface area contributed by atoms with Crippen LogP contribution in [0.25, 0.3) is 0 Å². The first-order valence-electron chi connectivity index (χ1n) is 11.0. The van der Waals surface area contributed by atoms with Gasteiger partial charge in [0.25, 0.3) is 5.91 Å². The summed E-state index contributed by atoms with van der Waals surface area (Å²) >= 11 is 6.17. The molecular formula is C25H32ClN3O3. The lowest BCUT2D eigenvalue weighted by atomic mass is 10.1. The van der Waals surface area contributed by atoms with E-state index in [4.69, 9.17) is 16.3 Å². The summed E-state index contributed by atoms with van der Waals surface area (Å²) < 4.78 is 5.79. The average Bonchev–Trinajstić information content (AvgIpc) is 3.26. The third-order valence-corrected chi connectivity index (χ3v) is 5.88. The highest BCUT2D eigenvalue weighted by atomic mass is 35.5. The van der Waals surface area contributed by atoms with Gasteiger partial charge in [-0.2, -0.15) is 0 Å². The molecule has 0 radical (unpaired) electrons. The maximum atomic E-state index is 13.0. The Bertz CT molecular complexity index is 955. The molecule has 1 saturated heterocycles. The Hall–Kier alpha value is -2.57. The second kappa shape index (κ2) is 10.8. The minimum absolute atomic E-state index is 0.0728. The predicted molar refractivity (Wildman–Crippen MR) is 129 cm³/mol. The van der Waals surface area contributed by atoms with Crippen molar-refractivity contribution in [3.8, 4) is 0 Å². The summed E-state index contributed by atoms with van der Waals surface area (Å²) in [6.45, 7) is 5.59. The summed E-state index contributed by atoms with van der Waals surface area (Å²) in [5, 5.41) is 3.34. The molecule has 1 atom stereocenters. The van der Waals surface area contributed by atoms with Gasteiger partial charge in [0.1, 0.15) is 0 Å². The molecule has 1 N–H and O–H groups in total. The Kier molecular flexibility index (Phi) is 8.15. The van der Waals surface area contributed by atoms with Crippen LogP contribution in [0.4, 0.5) is 11.4 Å². The van der Waals surface area contributed by atoms with Gasteiger partial charge in [-0.05, 0) is 48.7 Å². The van der Waals surface area contributed by atoms with Gasteiger partial charge in [0.15, 0.2) is 0 Å². The Labute approximate surface area is 195 Å². The molecule has 0 saturated carbocycles. The predicted octanol–water partition coefficient (Wildman–Crippen LogP) is 4.82. The van der Waals surface area contributed by atoms with Crippen LogP contribution in [0.5, 0.6) is 0 Å². The van der Waals surface area contributed by atoms with Gasteiger partial charge in [-0.15, -0.1) is 0 Å². The quantitative estimate of drug-likeness (QED) is 0.617. The number of ether oxygens (including phenoxy) is 1. The van der Waals surface area contributed by atoms with Gasteiger partial charge in [0.2, 0.25) is 5.91 Å². The third kappa shape index (κ3) is 6.02. The Morgan fingerprint density at radius 3 is 2.56 bits per heavy atom. The van der Waals surface area contributed by atoms with Crippen LogP contribution < -0.4 is 10.2 Å². The maximum absolute atomic E-state index is 13.0. The molecule has 2 amide bonds. The number of anilines is 2. The van der Waals surface area contributed by atoms with Crippen molar-refractivity contribution >= 4 is 34.8 Å². The molecule has 2 aromatic rings. The van der Waals surface area contributed by atoms with Crippen molar-refractivity contribution in [2.75, 3.05) is 37.5 Å². The molecule has 1 fully saturated rings. The number of carbonyl (C=O) groups is 2. The minimum Gasteiger partial charge on any atom is -0.377 e. The van der Waals surface area contributed by atoms with Crippen molar-refractivity contribution in [2.45, 2.75) is 39.3 Å². The van der Waals surface area contributed by atoms with E-state index < -0.39 is 0 Å². The highest BCUT2D eigenvalue weighted by Crippen LogP contribution is 2.27.